The van der Waals surface area contributed by atoms with Crippen LogP contribution < -0.4 is 18.9 Å². The lowest BCUT2D eigenvalue weighted by Crippen LogP contribution is -2.45. The van der Waals surface area contributed by atoms with Gasteiger partial charge in [-0.2, -0.15) is 0 Å². The highest BCUT2D eigenvalue weighted by molar-refractivity contribution is 6.27. The SMILES string of the molecule is COc1cc(CN2CCN(Cc3cccc(OC)c3OC)CC2)cc(OC)c1.O=C(O)C(=O)O. The number of rotatable bonds is 8. The minimum atomic E-state index is -1.82. The van der Waals surface area contributed by atoms with Gasteiger partial charge in [0.25, 0.3) is 0 Å². The van der Waals surface area contributed by atoms with Gasteiger partial charge in [0.2, 0.25) is 0 Å². The molecule has 0 radical (unpaired) electrons. The number of carboxylic acids is 2. The summed E-state index contributed by atoms with van der Waals surface area (Å²) in [6, 6.07) is 12.1. The van der Waals surface area contributed by atoms with Gasteiger partial charge >= 0.3 is 11.9 Å². The Hall–Kier alpha value is -3.50. The van der Waals surface area contributed by atoms with Crippen molar-refractivity contribution in [2.45, 2.75) is 13.1 Å². The minimum Gasteiger partial charge on any atom is -0.497 e. The molecule has 1 aliphatic heterocycles. The van der Waals surface area contributed by atoms with Crippen LogP contribution in [0.15, 0.2) is 36.4 Å². The number of ether oxygens (including phenoxy) is 4. The van der Waals surface area contributed by atoms with E-state index in [4.69, 9.17) is 38.7 Å². The van der Waals surface area contributed by atoms with Gasteiger partial charge in [0.15, 0.2) is 11.5 Å². The van der Waals surface area contributed by atoms with Crippen LogP contribution in [0.5, 0.6) is 23.0 Å². The Labute approximate surface area is 199 Å². The van der Waals surface area contributed by atoms with Gasteiger partial charge in [-0.15, -0.1) is 0 Å². The predicted octanol–water partition coefficient (Wildman–Crippen LogP) is 2.19. The summed E-state index contributed by atoms with van der Waals surface area (Å²) in [4.78, 5) is 23.1. The van der Waals surface area contributed by atoms with Crippen molar-refractivity contribution in [2.75, 3.05) is 54.6 Å². The molecule has 0 bridgehead atoms. The number of carbonyl (C=O) groups is 2. The molecule has 1 saturated heterocycles. The first-order valence-corrected chi connectivity index (χ1v) is 10.6. The van der Waals surface area contributed by atoms with Crippen LogP contribution in [0.4, 0.5) is 0 Å². The van der Waals surface area contributed by atoms with Gasteiger partial charge in [0, 0.05) is 50.9 Å². The lowest BCUT2D eigenvalue weighted by molar-refractivity contribution is -0.159. The molecule has 10 nitrogen and oxygen atoms in total. The Balaban J connectivity index is 0.000000604. The maximum Gasteiger partial charge on any atom is 0.414 e. The van der Waals surface area contributed by atoms with Crippen molar-refractivity contribution in [3.05, 3.63) is 47.5 Å². The van der Waals surface area contributed by atoms with Crippen LogP contribution in [0.1, 0.15) is 11.1 Å². The molecule has 0 spiro atoms. The van der Waals surface area contributed by atoms with Crippen molar-refractivity contribution in [1.82, 2.24) is 9.80 Å². The van der Waals surface area contributed by atoms with E-state index in [9.17, 15) is 0 Å². The van der Waals surface area contributed by atoms with E-state index in [0.717, 1.165) is 67.8 Å². The van der Waals surface area contributed by atoms with E-state index >= 15 is 0 Å². The summed E-state index contributed by atoms with van der Waals surface area (Å²) in [6.07, 6.45) is 0. The molecule has 2 aromatic carbocycles. The summed E-state index contributed by atoms with van der Waals surface area (Å²) in [5.74, 6) is -0.372. The summed E-state index contributed by atoms with van der Waals surface area (Å²) in [5.41, 5.74) is 2.37. The second-order valence-corrected chi connectivity index (χ2v) is 7.54. The zero-order valence-corrected chi connectivity index (χ0v) is 19.9. The van der Waals surface area contributed by atoms with Gasteiger partial charge in [0.05, 0.1) is 28.4 Å². The van der Waals surface area contributed by atoms with Gasteiger partial charge in [-0.3, -0.25) is 9.80 Å². The molecule has 2 N–H and O–H groups in total. The van der Waals surface area contributed by atoms with Crippen LogP contribution in [0, 0.1) is 0 Å². The average Bonchev–Trinajstić information content (AvgIpc) is 2.85. The van der Waals surface area contributed by atoms with Gasteiger partial charge < -0.3 is 29.2 Å². The monoisotopic (exact) mass is 476 g/mol. The second kappa shape index (κ2) is 13.3. The number of aliphatic carboxylic acids is 2. The highest BCUT2D eigenvalue weighted by atomic mass is 16.5. The highest BCUT2D eigenvalue weighted by Gasteiger charge is 2.20. The molecule has 1 heterocycles. The molecule has 34 heavy (non-hydrogen) atoms. The molecule has 1 aliphatic rings. The first-order chi connectivity index (χ1) is 16.3. The first-order valence-electron chi connectivity index (χ1n) is 10.6. The normalized spacial score (nSPS) is 13.9. The van der Waals surface area contributed by atoms with Gasteiger partial charge in [-0.1, -0.05) is 12.1 Å². The summed E-state index contributed by atoms with van der Waals surface area (Å²) in [5, 5.41) is 14.8. The zero-order chi connectivity index (χ0) is 25.1. The van der Waals surface area contributed by atoms with Gasteiger partial charge in [0.1, 0.15) is 11.5 Å². The fraction of sp³-hybridized carbons (Fsp3) is 0.417. The van der Waals surface area contributed by atoms with E-state index < -0.39 is 11.9 Å². The number of nitrogens with zero attached hydrogens (tertiary/aromatic N) is 2. The lowest BCUT2D eigenvalue weighted by atomic mass is 10.1. The molecular weight excluding hydrogens is 444 g/mol. The van der Waals surface area contributed by atoms with Crippen LogP contribution in [0.2, 0.25) is 0 Å². The zero-order valence-electron chi connectivity index (χ0n) is 19.9. The number of hydrogen-bond acceptors (Lipinski definition) is 8. The summed E-state index contributed by atoms with van der Waals surface area (Å²) in [7, 11) is 6.74. The summed E-state index contributed by atoms with van der Waals surface area (Å²) >= 11 is 0. The molecule has 0 atom stereocenters. The molecule has 2 aromatic rings. The van der Waals surface area contributed by atoms with Gasteiger partial charge in [-0.05, 0) is 23.8 Å². The molecule has 10 heteroatoms. The van der Waals surface area contributed by atoms with E-state index in [-0.39, 0.29) is 0 Å². The fourth-order valence-corrected chi connectivity index (χ4v) is 3.64. The molecule has 3 rings (SSSR count). The molecule has 0 aromatic heterocycles. The highest BCUT2D eigenvalue weighted by Crippen LogP contribution is 2.31. The predicted molar refractivity (Wildman–Crippen MR) is 125 cm³/mol. The smallest absolute Gasteiger partial charge is 0.414 e. The average molecular weight is 477 g/mol. The minimum absolute atomic E-state index is 0.783. The first kappa shape index (κ1) is 26.7. The number of para-hydroxylation sites is 1. The van der Waals surface area contributed by atoms with Crippen molar-refractivity contribution < 1.29 is 38.7 Å². The third-order valence-corrected chi connectivity index (χ3v) is 5.34. The summed E-state index contributed by atoms with van der Waals surface area (Å²) < 4.78 is 21.7. The van der Waals surface area contributed by atoms with Crippen molar-refractivity contribution in [3.63, 3.8) is 0 Å². The molecule has 1 fully saturated rings. The van der Waals surface area contributed by atoms with E-state index in [0.29, 0.717) is 0 Å². The van der Waals surface area contributed by atoms with Crippen molar-refractivity contribution in [2.24, 2.45) is 0 Å². The van der Waals surface area contributed by atoms with Crippen LogP contribution in [0.3, 0.4) is 0 Å². The van der Waals surface area contributed by atoms with Crippen LogP contribution >= 0.6 is 0 Å². The molecule has 0 saturated carbocycles. The molecule has 0 aliphatic carbocycles. The van der Waals surface area contributed by atoms with Crippen LogP contribution in [-0.4, -0.2) is 86.6 Å². The Morgan fingerprint density at radius 3 is 1.74 bits per heavy atom. The van der Waals surface area contributed by atoms with E-state index in [1.807, 2.05) is 18.2 Å². The van der Waals surface area contributed by atoms with Crippen molar-refractivity contribution in [1.29, 1.82) is 0 Å². The molecule has 0 amide bonds. The van der Waals surface area contributed by atoms with E-state index in [1.54, 1.807) is 28.4 Å². The van der Waals surface area contributed by atoms with E-state index in [1.165, 1.54) is 5.56 Å². The molecule has 186 valence electrons. The maximum atomic E-state index is 9.10. The van der Waals surface area contributed by atoms with Crippen LogP contribution in [0.25, 0.3) is 0 Å². The number of benzene rings is 2. The fourth-order valence-electron chi connectivity index (χ4n) is 3.64. The topological polar surface area (TPSA) is 118 Å². The second-order valence-electron chi connectivity index (χ2n) is 7.54. The third-order valence-electron chi connectivity index (χ3n) is 5.34. The third kappa shape index (κ3) is 7.82. The molecular formula is C24H32N2O8. The van der Waals surface area contributed by atoms with Crippen molar-refractivity contribution >= 4 is 11.9 Å². The Morgan fingerprint density at radius 1 is 0.765 bits per heavy atom. The Morgan fingerprint density at radius 2 is 1.29 bits per heavy atom. The number of methoxy groups -OCH3 is 4. The number of carboxylic acid groups (broad SMARTS) is 2. The van der Waals surface area contributed by atoms with Crippen molar-refractivity contribution in [3.8, 4) is 23.0 Å². The molecule has 0 unspecified atom stereocenters. The van der Waals surface area contributed by atoms with E-state index in [2.05, 4.69) is 28.0 Å². The lowest BCUT2D eigenvalue weighted by Gasteiger charge is -2.35. The quantitative estimate of drug-likeness (QED) is 0.549. The maximum absolute atomic E-state index is 9.10. The standard InChI is InChI=1S/C22H30N2O4.C2H2O4/c1-25-19-12-17(13-20(14-19)26-2)15-23-8-10-24(11-9-23)16-18-6-5-7-21(27-3)22(18)28-4;3-1(4)2(5)6/h5-7,12-14H,8-11,15-16H2,1-4H3;(H,3,4)(H,5,6). The largest absolute Gasteiger partial charge is 0.497 e. The summed E-state index contributed by atoms with van der Waals surface area (Å²) in [6.45, 7) is 5.83. The Kier molecular flexibility index (Phi) is 10.4. The van der Waals surface area contributed by atoms with Crippen LogP contribution in [-0.2, 0) is 22.7 Å². The van der Waals surface area contributed by atoms with Gasteiger partial charge in [-0.25, -0.2) is 9.59 Å². The number of piperazine rings is 1. The Bertz CT molecular complexity index is 924. The number of hydrogen-bond donors (Lipinski definition) is 2.